The van der Waals surface area contributed by atoms with Crippen LogP contribution in [-0.4, -0.2) is 27.8 Å². The fraction of sp³-hybridized carbons (Fsp3) is 0.500. The minimum atomic E-state index is -3.41. The smallest absolute Gasteiger partial charge is 0.354 e. The fourth-order valence-electron chi connectivity index (χ4n) is 1.10. The first-order chi connectivity index (χ1) is 6.41. The Bertz CT molecular complexity index is 308. The summed E-state index contributed by atoms with van der Waals surface area (Å²) in [4.78, 5) is 10.3. The quantitative estimate of drug-likeness (QED) is 0.481. The van der Waals surface area contributed by atoms with Crippen LogP contribution < -0.4 is 0 Å². The molecule has 0 bridgehead atoms. The minimum Gasteiger partial charge on any atom is -0.515 e. The van der Waals surface area contributed by atoms with E-state index in [1.54, 1.807) is 0 Å². The van der Waals surface area contributed by atoms with Gasteiger partial charge in [0.1, 0.15) is 0 Å². The molecule has 0 aliphatic heterocycles. The van der Waals surface area contributed by atoms with E-state index in [4.69, 9.17) is 15.6 Å². The Morgan fingerprint density at radius 1 is 1.50 bits per heavy atom. The Balaban J connectivity index is 2.92. The van der Waals surface area contributed by atoms with E-state index in [0.29, 0.717) is 0 Å². The summed E-state index contributed by atoms with van der Waals surface area (Å²) in [5, 5.41) is 23.7. The number of halogens is 2. The van der Waals surface area contributed by atoms with Gasteiger partial charge in [-0.05, 0) is 12.8 Å². The summed E-state index contributed by atoms with van der Waals surface area (Å²) < 4.78 is 26.5. The van der Waals surface area contributed by atoms with Gasteiger partial charge in [0.25, 0.3) is 5.92 Å². The van der Waals surface area contributed by atoms with Crippen molar-refractivity contribution in [3.05, 3.63) is 11.8 Å². The lowest BCUT2D eigenvalue weighted by Gasteiger charge is -2.17. The van der Waals surface area contributed by atoms with Gasteiger partial charge in [0.2, 0.25) is 0 Å². The molecule has 1 saturated carbocycles. The largest absolute Gasteiger partial charge is 0.515 e. The van der Waals surface area contributed by atoms with Crippen molar-refractivity contribution < 1.29 is 23.8 Å². The number of hydrogen-bond acceptors (Lipinski definition) is 3. The number of carboxylic acids is 1. The minimum absolute atomic E-state index is 0.00870. The molecule has 1 aliphatic rings. The van der Waals surface area contributed by atoms with Gasteiger partial charge in [-0.1, -0.05) is 0 Å². The second kappa shape index (κ2) is 3.36. The number of aliphatic hydroxyl groups excluding tert-OH is 1. The highest BCUT2D eigenvalue weighted by Crippen LogP contribution is 2.47. The second-order valence-electron chi connectivity index (χ2n) is 3.12. The maximum Gasteiger partial charge on any atom is 0.354 e. The first-order valence-corrected chi connectivity index (χ1v) is 3.96. The standard InChI is InChI=1S/C8H9F2NO3/c9-8(10,4-1-2-4)5(3-12)6(11)7(13)14/h3-4,11-12H,1-2H2,(H,13,14)/b5-3+,11-6?. The van der Waals surface area contributed by atoms with Gasteiger partial charge >= 0.3 is 5.97 Å². The Kier molecular flexibility index (Phi) is 2.55. The van der Waals surface area contributed by atoms with Crippen molar-refractivity contribution in [3.8, 4) is 0 Å². The summed E-state index contributed by atoms with van der Waals surface area (Å²) in [6, 6.07) is 0. The lowest BCUT2D eigenvalue weighted by Crippen LogP contribution is -2.31. The van der Waals surface area contributed by atoms with Crippen molar-refractivity contribution in [2.24, 2.45) is 5.92 Å². The first kappa shape index (κ1) is 10.6. The van der Waals surface area contributed by atoms with Gasteiger partial charge < -0.3 is 10.2 Å². The highest BCUT2D eigenvalue weighted by atomic mass is 19.3. The van der Waals surface area contributed by atoms with Crippen LogP contribution in [0.1, 0.15) is 12.8 Å². The van der Waals surface area contributed by atoms with Gasteiger partial charge in [-0.15, -0.1) is 0 Å². The third kappa shape index (κ3) is 1.73. The van der Waals surface area contributed by atoms with Crippen molar-refractivity contribution in [2.75, 3.05) is 0 Å². The topological polar surface area (TPSA) is 81.4 Å². The normalized spacial score (nSPS) is 18.0. The molecule has 3 N–H and O–H groups in total. The summed E-state index contributed by atoms with van der Waals surface area (Å²) in [6.07, 6.45) is 0.587. The maximum absolute atomic E-state index is 13.3. The van der Waals surface area contributed by atoms with E-state index in [1.807, 2.05) is 0 Å². The molecule has 14 heavy (non-hydrogen) atoms. The van der Waals surface area contributed by atoms with Crippen molar-refractivity contribution in [1.82, 2.24) is 0 Å². The molecule has 1 aliphatic carbocycles. The van der Waals surface area contributed by atoms with Crippen LogP contribution in [0.2, 0.25) is 0 Å². The van der Waals surface area contributed by atoms with E-state index in [1.165, 1.54) is 0 Å². The highest BCUT2D eigenvalue weighted by molar-refractivity contribution is 6.41. The zero-order valence-electron chi connectivity index (χ0n) is 7.13. The van der Waals surface area contributed by atoms with Crippen LogP contribution in [0, 0.1) is 11.3 Å². The third-order valence-corrected chi connectivity index (χ3v) is 2.06. The molecule has 0 aromatic rings. The van der Waals surface area contributed by atoms with Crippen LogP contribution in [0.5, 0.6) is 0 Å². The van der Waals surface area contributed by atoms with Crippen molar-refractivity contribution in [3.63, 3.8) is 0 Å². The van der Waals surface area contributed by atoms with Gasteiger partial charge in [-0.25, -0.2) is 13.6 Å². The van der Waals surface area contributed by atoms with Gasteiger partial charge in [0.05, 0.1) is 11.8 Å². The molecule has 1 rings (SSSR count). The fourth-order valence-corrected chi connectivity index (χ4v) is 1.10. The molecule has 0 saturated heterocycles. The van der Waals surface area contributed by atoms with Crippen LogP contribution in [-0.2, 0) is 4.79 Å². The number of rotatable bonds is 4. The number of carbonyl (C=O) groups is 1. The monoisotopic (exact) mass is 205 g/mol. The predicted molar refractivity (Wildman–Crippen MR) is 43.7 cm³/mol. The molecule has 0 atom stereocenters. The van der Waals surface area contributed by atoms with E-state index in [-0.39, 0.29) is 19.1 Å². The zero-order chi connectivity index (χ0) is 10.9. The number of alkyl halides is 2. The Morgan fingerprint density at radius 2 is 2.00 bits per heavy atom. The molecule has 6 heteroatoms. The molecule has 0 spiro atoms. The number of aliphatic hydroxyl groups is 1. The summed E-state index contributed by atoms with van der Waals surface area (Å²) in [7, 11) is 0. The van der Waals surface area contributed by atoms with Crippen LogP contribution in [0.3, 0.4) is 0 Å². The molecular weight excluding hydrogens is 196 g/mol. The molecule has 4 nitrogen and oxygen atoms in total. The third-order valence-electron chi connectivity index (χ3n) is 2.06. The maximum atomic E-state index is 13.3. The summed E-state index contributed by atoms with van der Waals surface area (Å²) in [5.41, 5.74) is -2.38. The average molecular weight is 205 g/mol. The first-order valence-electron chi connectivity index (χ1n) is 3.96. The Hall–Kier alpha value is -1.46. The molecule has 0 aromatic carbocycles. The molecular formula is C8H9F2NO3. The van der Waals surface area contributed by atoms with E-state index in [0.717, 1.165) is 0 Å². The van der Waals surface area contributed by atoms with Gasteiger partial charge in [-0.2, -0.15) is 0 Å². The van der Waals surface area contributed by atoms with Crippen molar-refractivity contribution >= 4 is 11.7 Å². The number of nitrogens with one attached hydrogen (secondary N) is 1. The molecule has 0 aromatic heterocycles. The lowest BCUT2D eigenvalue weighted by molar-refractivity contribution is -0.129. The van der Waals surface area contributed by atoms with E-state index in [9.17, 15) is 13.6 Å². The zero-order valence-corrected chi connectivity index (χ0v) is 7.13. The number of carboxylic acid groups (broad SMARTS) is 1. The molecule has 0 heterocycles. The van der Waals surface area contributed by atoms with E-state index < -0.39 is 29.1 Å². The predicted octanol–water partition coefficient (Wildman–Crippen LogP) is 1.58. The Labute approximate surface area is 78.4 Å². The van der Waals surface area contributed by atoms with Gasteiger partial charge in [-0.3, -0.25) is 5.41 Å². The van der Waals surface area contributed by atoms with Crippen molar-refractivity contribution in [1.29, 1.82) is 5.41 Å². The number of aliphatic carboxylic acids is 1. The van der Waals surface area contributed by atoms with Crippen LogP contribution in [0.15, 0.2) is 11.8 Å². The molecule has 0 amide bonds. The van der Waals surface area contributed by atoms with Crippen LogP contribution in [0.4, 0.5) is 8.78 Å². The van der Waals surface area contributed by atoms with E-state index in [2.05, 4.69) is 0 Å². The lowest BCUT2D eigenvalue weighted by atomic mass is 10.0. The molecule has 0 unspecified atom stereocenters. The average Bonchev–Trinajstić information content (AvgIpc) is 2.86. The van der Waals surface area contributed by atoms with Crippen LogP contribution >= 0.6 is 0 Å². The number of hydrogen-bond donors (Lipinski definition) is 3. The second-order valence-corrected chi connectivity index (χ2v) is 3.12. The van der Waals surface area contributed by atoms with E-state index >= 15 is 0 Å². The van der Waals surface area contributed by atoms with Crippen molar-refractivity contribution in [2.45, 2.75) is 18.8 Å². The highest BCUT2D eigenvalue weighted by Gasteiger charge is 2.51. The SMILES string of the molecule is N=C(C(=O)O)/C(=C\O)C(F)(F)C1CC1. The summed E-state index contributed by atoms with van der Waals surface area (Å²) >= 11 is 0. The summed E-state index contributed by atoms with van der Waals surface area (Å²) in [6.45, 7) is 0. The molecule has 0 radical (unpaired) electrons. The van der Waals surface area contributed by atoms with Gasteiger partial charge in [0, 0.05) is 5.92 Å². The van der Waals surface area contributed by atoms with Gasteiger partial charge in [0.15, 0.2) is 5.71 Å². The molecule has 78 valence electrons. The Morgan fingerprint density at radius 3 is 2.29 bits per heavy atom. The van der Waals surface area contributed by atoms with Crippen LogP contribution in [0.25, 0.3) is 0 Å². The molecule has 1 fully saturated rings. The summed E-state index contributed by atoms with van der Waals surface area (Å²) in [5.74, 6) is -6.13.